The van der Waals surface area contributed by atoms with Crippen LogP contribution >= 0.6 is 45.2 Å². The maximum Gasteiger partial charge on any atom is 0.339 e. The Morgan fingerprint density at radius 3 is 2.73 bits per heavy atom. The number of rotatable bonds is 3. The summed E-state index contributed by atoms with van der Waals surface area (Å²) in [5.41, 5.74) is 4.61. The molecule has 0 atom stereocenters. The smallest absolute Gasteiger partial charge is 0.339 e. The first-order valence-electron chi connectivity index (χ1n) is 6.31. The van der Waals surface area contributed by atoms with Gasteiger partial charge in [0.2, 0.25) is 0 Å². The van der Waals surface area contributed by atoms with Crippen molar-refractivity contribution in [3.05, 3.63) is 54.7 Å². The van der Waals surface area contributed by atoms with E-state index in [9.17, 15) is 9.90 Å². The SMILES string of the molecule is Cc1ccccc1NC(=O)N/N=C/c1cc(I)cc(I)c1O. The molecule has 5 nitrogen and oxygen atoms in total. The van der Waals surface area contributed by atoms with E-state index in [1.54, 1.807) is 6.07 Å². The lowest BCUT2D eigenvalue weighted by molar-refractivity contribution is 0.252. The third-order valence-electron chi connectivity index (χ3n) is 2.82. The Morgan fingerprint density at radius 1 is 1.27 bits per heavy atom. The summed E-state index contributed by atoms with van der Waals surface area (Å²) in [4.78, 5) is 11.8. The zero-order valence-electron chi connectivity index (χ0n) is 11.6. The highest BCUT2D eigenvalue weighted by atomic mass is 127. The summed E-state index contributed by atoms with van der Waals surface area (Å²) in [5.74, 6) is 0.144. The van der Waals surface area contributed by atoms with E-state index in [4.69, 9.17) is 0 Å². The van der Waals surface area contributed by atoms with Gasteiger partial charge in [-0.25, -0.2) is 10.2 Å². The second-order valence-corrected chi connectivity index (χ2v) is 6.87. The van der Waals surface area contributed by atoms with Gasteiger partial charge in [-0.3, -0.25) is 0 Å². The van der Waals surface area contributed by atoms with Gasteiger partial charge in [0.15, 0.2) is 0 Å². The number of aryl methyl sites for hydroxylation is 1. The Hall–Kier alpha value is -1.36. The zero-order valence-corrected chi connectivity index (χ0v) is 15.9. The molecule has 0 bridgehead atoms. The summed E-state index contributed by atoms with van der Waals surface area (Å²) in [6.45, 7) is 1.91. The molecule has 0 saturated carbocycles. The molecule has 0 aliphatic rings. The van der Waals surface area contributed by atoms with Crippen molar-refractivity contribution in [2.45, 2.75) is 6.92 Å². The zero-order chi connectivity index (χ0) is 16.1. The summed E-state index contributed by atoms with van der Waals surface area (Å²) in [6, 6.07) is 10.7. The van der Waals surface area contributed by atoms with Crippen molar-refractivity contribution in [2.24, 2.45) is 5.10 Å². The Bertz CT molecular complexity index is 733. The van der Waals surface area contributed by atoms with Crippen LogP contribution in [0.2, 0.25) is 0 Å². The first-order chi connectivity index (χ1) is 10.5. The molecular formula is C15H13I2N3O2. The fourth-order valence-corrected chi connectivity index (χ4v) is 3.60. The van der Waals surface area contributed by atoms with Crippen molar-refractivity contribution in [1.82, 2.24) is 5.43 Å². The number of halogens is 2. The van der Waals surface area contributed by atoms with Crippen molar-refractivity contribution in [1.29, 1.82) is 0 Å². The van der Waals surface area contributed by atoms with E-state index in [1.165, 1.54) is 6.21 Å². The Balaban J connectivity index is 2.01. The Morgan fingerprint density at radius 2 is 2.00 bits per heavy atom. The molecule has 0 radical (unpaired) electrons. The Kier molecular flexibility index (Phi) is 6.00. The fraction of sp³-hybridized carbons (Fsp3) is 0.0667. The van der Waals surface area contributed by atoms with Crippen molar-refractivity contribution in [3.8, 4) is 5.75 Å². The number of hydrazone groups is 1. The molecule has 2 rings (SSSR count). The summed E-state index contributed by atoms with van der Waals surface area (Å²) >= 11 is 4.20. The lowest BCUT2D eigenvalue weighted by atomic mass is 10.2. The van der Waals surface area contributed by atoms with Crippen LogP contribution in [0.25, 0.3) is 0 Å². The van der Waals surface area contributed by atoms with Gasteiger partial charge in [-0.2, -0.15) is 5.10 Å². The molecule has 0 heterocycles. The molecule has 3 N–H and O–H groups in total. The van der Waals surface area contributed by atoms with E-state index in [0.717, 1.165) is 18.4 Å². The van der Waals surface area contributed by atoms with Gasteiger partial charge >= 0.3 is 6.03 Å². The van der Waals surface area contributed by atoms with Crippen LogP contribution in [-0.2, 0) is 0 Å². The average Bonchev–Trinajstić information content (AvgIpc) is 2.46. The first-order valence-corrected chi connectivity index (χ1v) is 8.47. The van der Waals surface area contributed by atoms with Crippen LogP contribution in [0.3, 0.4) is 0 Å². The number of nitrogens with one attached hydrogen (secondary N) is 2. The molecule has 0 aromatic heterocycles. The minimum Gasteiger partial charge on any atom is -0.506 e. The van der Waals surface area contributed by atoms with E-state index >= 15 is 0 Å². The molecular weight excluding hydrogens is 508 g/mol. The number of aromatic hydroxyl groups is 1. The monoisotopic (exact) mass is 521 g/mol. The number of urea groups is 1. The molecule has 2 amide bonds. The number of nitrogens with zero attached hydrogens (tertiary/aromatic N) is 1. The molecule has 2 aromatic carbocycles. The number of hydrogen-bond donors (Lipinski definition) is 3. The van der Waals surface area contributed by atoms with E-state index < -0.39 is 6.03 Å². The van der Waals surface area contributed by atoms with Gasteiger partial charge in [-0.15, -0.1) is 0 Å². The van der Waals surface area contributed by atoms with Gasteiger partial charge in [-0.05, 0) is 75.9 Å². The van der Waals surface area contributed by atoms with Gasteiger partial charge in [0.25, 0.3) is 0 Å². The number of carbonyl (C=O) groups is 1. The quantitative estimate of drug-likeness (QED) is 0.324. The standard InChI is InChI=1S/C15H13I2N3O2/c1-9-4-2-3-5-13(9)19-15(22)20-18-8-10-6-11(16)7-12(17)14(10)21/h2-8,21H,1H3,(H2,19,20,22)/b18-8+. The number of anilines is 1. The van der Waals surface area contributed by atoms with Gasteiger partial charge in [0.1, 0.15) is 5.75 Å². The van der Waals surface area contributed by atoms with Crippen molar-refractivity contribution < 1.29 is 9.90 Å². The highest BCUT2D eigenvalue weighted by Gasteiger charge is 2.06. The second-order valence-electron chi connectivity index (χ2n) is 4.46. The number of phenolic OH excluding ortho intramolecular Hbond substituents is 1. The van der Waals surface area contributed by atoms with Crippen LogP contribution in [-0.4, -0.2) is 17.4 Å². The largest absolute Gasteiger partial charge is 0.506 e. The molecule has 0 unspecified atom stereocenters. The molecule has 7 heteroatoms. The normalized spacial score (nSPS) is 10.7. The average molecular weight is 521 g/mol. The van der Waals surface area contributed by atoms with Crippen LogP contribution in [0, 0.1) is 14.1 Å². The molecule has 2 aromatic rings. The number of benzene rings is 2. The third kappa shape index (κ3) is 4.57. The van der Waals surface area contributed by atoms with E-state index in [-0.39, 0.29) is 5.75 Å². The minimum absolute atomic E-state index is 0.144. The number of hydrogen-bond acceptors (Lipinski definition) is 3. The molecule has 0 aliphatic heterocycles. The number of phenols is 1. The van der Waals surface area contributed by atoms with E-state index in [0.29, 0.717) is 5.56 Å². The maximum atomic E-state index is 11.8. The lowest BCUT2D eigenvalue weighted by Gasteiger charge is -2.07. The van der Waals surface area contributed by atoms with Crippen molar-refractivity contribution >= 4 is 63.1 Å². The highest BCUT2D eigenvalue weighted by Crippen LogP contribution is 2.25. The second kappa shape index (κ2) is 7.77. The number of carbonyl (C=O) groups excluding carboxylic acids is 1. The first kappa shape index (κ1) is 17.0. The Labute approximate surface area is 155 Å². The van der Waals surface area contributed by atoms with Crippen molar-refractivity contribution in [3.63, 3.8) is 0 Å². The van der Waals surface area contributed by atoms with Crippen LogP contribution < -0.4 is 10.7 Å². The van der Waals surface area contributed by atoms with Gasteiger partial charge < -0.3 is 10.4 Å². The molecule has 0 aliphatic carbocycles. The van der Waals surface area contributed by atoms with Crippen LogP contribution in [0.4, 0.5) is 10.5 Å². The van der Waals surface area contributed by atoms with E-state index in [1.807, 2.05) is 59.8 Å². The third-order valence-corrected chi connectivity index (χ3v) is 4.27. The molecule has 0 spiro atoms. The fourth-order valence-electron chi connectivity index (χ4n) is 1.71. The molecule has 22 heavy (non-hydrogen) atoms. The van der Waals surface area contributed by atoms with Crippen LogP contribution in [0.15, 0.2) is 41.5 Å². The van der Waals surface area contributed by atoms with Crippen molar-refractivity contribution in [2.75, 3.05) is 5.32 Å². The maximum absolute atomic E-state index is 11.8. The highest BCUT2D eigenvalue weighted by molar-refractivity contribution is 14.1. The summed E-state index contributed by atoms with van der Waals surface area (Å²) in [5, 5.41) is 16.5. The lowest BCUT2D eigenvalue weighted by Crippen LogP contribution is -2.24. The molecule has 0 saturated heterocycles. The number of amides is 2. The molecule has 0 fully saturated rings. The summed E-state index contributed by atoms with van der Waals surface area (Å²) in [7, 11) is 0. The van der Waals surface area contributed by atoms with Gasteiger partial charge in [-0.1, -0.05) is 18.2 Å². The predicted octanol–water partition coefficient (Wildman–Crippen LogP) is 4.07. The van der Waals surface area contributed by atoms with Gasteiger partial charge in [0, 0.05) is 14.8 Å². The topological polar surface area (TPSA) is 73.7 Å². The molecule has 114 valence electrons. The summed E-state index contributed by atoms with van der Waals surface area (Å²) < 4.78 is 1.71. The number of para-hydroxylation sites is 1. The van der Waals surface area contributed by atoms with Crippen LogP contribution in [0.1, 0.15) is 11.1 Å². The van der Waals surface area contributed by atoms with Crippen LogP contribution in [0.5, 0.6) is 5.75 Å². The minimum atomic E-state index is -0.439. The summed E-state index contributed by atoms with van der Waals surface area (Å²) in [6.07, 6.45) is 1.41. The van der Waals surface area contributed by atoms with E-state index in [2.05, 4.69) is 38.4 Å². The predicted molar refractivity (Wildman–Crippen MR) is 104 cm³/mol. The van der Waals surface area contributed by atoms with Gasteiger partial charge in [0.05, 0.1) is 9.78 Å².